The molecule has 0 aromatic carbocycles. The van der Waals surface area contributed by atoms with Gasteiger partial charge in [0.2, 0.25) is 5.95 Å². The standard InChI is InChI=1S/C12H20N4O/c1-15-6-8-16(9-7-15)12-13-5-3-11(14-12)4-10-17-2/h3,5H,4,6-10H2,1-2H3. The highest BCUT2D eigenvalue weighted by Crippen LogP contribution is 2.10. The third kappa shape index (κ3) is 3.38. The molecular formula is C12H20N4O. The Kier molecular flexibility index (Phi) is 4.28. The zero-order valence-corrected chi connectivity index (χ0v) is 10.6. The van der Waals surface area contributed by atoms with Gasteiger partial charge in [-0.1, -0.05) is 0 Å². The van der Waals surface area contributed by atoms with Gasteiger partial charge in [-0.2, -0.15) is 0 Å². The minimum absolute atomic E-state index is 0.708. The van der Waals surface area contributed by atoms with Crippen molar-refractivity contribution in [2.45, 2.75) is 6.42 Å². The molecule has 1 aliphatic heterocycles. The molecule has 1 aliphatic rings. The Labute approximate surface area is 102 Å². The molecule has 1 aromatic heterocycles. The highest BCUT2D eigenvalue weighted by Gasteiger charge is 2.16. The molecule has 0 saturated carbocycles. The number of hydrogen-bond donors (Lipinski definition) is 0. The largest absolute Gasteiger partial charge is 0.384 e. The molecule has 0 unspecified atom stereocenters. The maximum atomic E-state index is 5.06. The third-order valence-electron chi connectivity index (χ3n) is 3.05. The van der Waals surface area contributed by atoms with Crippen LogP contribution in [-0.2, 0) is 11.2 Å². The number of nitrogens with zero attached hydrogens (tertiary/aromatic N) is 4. The van der Waals surface area contributed by atoms with Gasteiger partial charge in [0.25, 0.3) is 0 Å². The second-order valence-electron chi connectivity index (χ2n) is 4.38. The van der Waals surface area contributed by atoms with E-state index in [4.69, 9.17) is 4.74 Å². The Morgan fingerprint density at radius 2 is 2.06 bits per heavy atom. The van der Waals surface area contributed by atoms with Crippen LogP contribution in [0.1, 0.15) is 5.69 Å². The van der Waals surface area contributed by atoms with Crippen LogP contribution in [0.3, 0.4) is 0 Å². The second-order valence-corrected chi connectivity index (χ2v) is 4.38. The van der Waals surface area contributed by atoms with Gasteiger partial charge in [-0.25, -0.2) is 9.97 Å². The quantitative estimate of drug-likeness (QED) is 0.758. The summed E-state index contributed by atoms with van der Waals surface area (Å²) in [5, 5.41) is 0. The van der Waals surface area contributed by atoms with Gasteiger partial charge in [0.15, 0.2) is 0 Å². The molecule has 0 radical (unpaired) electrons. The molecule has 2 heterocycles. The highest BCUT2D eigenvalue weighted by atomic mass is 16.5. The predicted molar refractivity (Wildman–Crippen MR) is 67.3 cm³/mol. The maximum absolute atomic E-state index is 5.06. The number of anilines is 1. The highest BCUT2D eigenvalue weighted by molar-refractivity contribution is 5.31. The minimum Gasteiger partial charge on any atom is -0.384 e. The van der Waals surface area contributed by atoms with Gasteiger partial charge in [0.1, 0.15) is 0 Å². The monoisotopic (exact) mass is 236 g/mol. The molecular weight excluding hydrogens is 216 g/mol. The first kappa shape index (κ1) is 12.3. The van der Waals surface area contributed by atoms with Crippen LogP contribution in [0, 0.1) is 0 Å². The molecule has 1 saturated heterocycles. The normalized spacial score (nSPS) is 17.4. The molecule has 0 spiro atoms. The van der Waals surface area contributed by atoms with E-state index in [1.54, 1.807) is 7.11 Å². The number of ether oxygens (including phenoxy) is 1. The smallest absolute Gasteiger partial charge is 0.225 e. The van der Waals surface area contributed by atoms with Crippen molar-refractivity contribution in [1.29, 1.82) is 0 Å². The summed E-state index contributed by atoms with van der Waals surface area (Å²) in [6, 6.07) is 1.96. The Morgan fingerprint density at radius 3 is 2.76 bits per heavy atom. The molecule has 1 aromatic rings. The van der Waals surface area contributed by atoms with E-state index in [1.807, 2.05) is 12.3 Å². The van der Waals surface area contributed by atoms with E-state index in [2.05, 4.69) is 26.8 Å². The number of rotatable bonds is 4. The van der Waals surface area contributed by atoms with Crippen molar-refractivity contribution in [3.8, 4) is 0 Å². The van der Waals surface area contributed by atoms with Crippen LogP contribution in [-0.4, -0.2) is 61.8 Å². The molecule has 17 heavy (non-hydrogen) atoms. The van der Waals surface area contributed by atoms with Crippen LogP contribution in [0.4, 0.5) is 5.95 Å². The van der Waals surface area contributed by atoms with Crippen molar-refractivity contribution in [3.05, 3.63) is 18.0 Å². The summed E-state index contributed by atoms with van der Waals surface area (Å²) in [5.41, 5.74) is 1.05. The topological polar surface area (TPSA) is 41.5 Å². The van der Waals surface area contributed by atoms with Gasteiger partial charge in [-0.3, -0.25) is 0 Å². The molecule has 94 valence electrons. The summed E-state index contributed by atoms with van der Waals surface area (Å²) in [7, 11) is 3.86. The first-order chi connectivity index (χ1) is 8.29. The van der Waals surface area contributed by atoms with Gasteiger partial charge < -0.3 is 14.5 Å². The second kappa shape index (κ2) is 5.93. The van der Waals surface area contributed by atoms with Crippen LogP contribution in [0.25, 0.3) is 0 Å². The Morgan fingerprint density at radius 1 is 1.29 bits per heavy atom. The summed E-state index contributed by atoms with van der Waals surface area (Å²) >= 11 is 0. The van der Waals surface area contributed by atoms with Crippen LogP contribution >= 0.6 is 0 Å². The maximum Gasteiger partial charge on any atom is 0.225 e. The van der Waals surface area contributed by atoms with Crippen LogP contribution < -0.4 is 4.90 Å². The number of aromatic nitrogens is 2. The van der Waals surface area contributed by atoms with Crippen molar-refractivity contribution >= 4 is 5.95 Å². The molecule has 0 N–H and O–H groups in total. The van der Waals surface area contributed by atoms with Gasteiger partial charge in [0.05, 0.1) is 6.61 Å². The summed E-state index contributed by atoms with van der Waals surface area (Å²) in [6.45, 7) is 4.87. The van der Waals surface area contributed by atoms with E-state index in [-0.39, 0.29) is 0 Å². The molecule has 0 atom stereocenters. The third-order valence-corrected chi connectivity index (χ3v) is 3.05. The van der Waals surface area contributed by atoms with E-state index in [0.29, 0.717) is 6.61 Å². The number of piperazine rings is 1. The molecule has 0 amide bonds. The average Bonchev–Trinajstić information content (AvgIpc) is 2.37. The summed E-state index contributed by atoms with van der Waals surface area (Å²) in [4.78, 5) is 13.5. The number of hydrogen-bond acceptors (Lipinski definition) is 5. The van der Waals surface area contributed by atoms with Crippen molar-refractivity contribution in [1.82, 2.24) is 14.9 Å². The predicted octanol–water partition coefficient (Wildman–Crippen LogP) is 0.417. The zero-order valence-electron chi connectivity index (χ0n) is 10.6. The van der Waals surface area contributed by atoms with Gasteiger partial charge in [-0.05, 0) is 13.1 Å². The lowest BCUT2D eigenvalue weighted by Crippen LogP contribution is -2.45. The molecule has 2 rings (SSSR count). The van der Waals surface area contributed by atoms with Crippen molar-refractivity contribution in [3.63, 3.8) is 0 Å². The Hall–Kier alpha value is -1.20. The Balaban J connectivity index is 2.00. The van der Waals surface area contributed by atoms with E-state index < -0.39 is 0 Å². The fourth-order valence-electron chi connectivity index (χ4n) is 1.89. The van der Waals surface area contributed by atoms with Gasteiger partial charge in [-0.15, -0.1) is 0 Å². The summed E-state index contributed by atoms with van der Waals surface area (Å²) in [5.74, 6) is 0.853. The molecule has 5 heteroatoms. The SMILES string of the molecule is COCCc1ccnc(N2CCN(C)CC2)n1. The van der Waals surface area contributed by atoms with E-state index in [0.717, 1.165) is 44.2 Å². The van der Waals surface area contributed by atoms with Gasteiger partial charge >= 0.3 is 0 Å². The zero-order chi connectivity index (χ0) is 12.1. The van der Waals surface area contributed by atoms with Gasteiger partial charge in [0, 0.05) is 51.6 Å². The number of likely N-dealkylation sites (N-methyl/N-ethyl adjacent to an activating group) is 1. The summed E-state index contributed by atoms with van der Waals surface area (Å²) < 4.78 is 5.06. The van der Waals surface area contributed by atoms with Crippen molar-refractivity contribution in [2.75, 3.05) is 51.8 Å². The average molecular weight is 236 g/mol. The first-order valence-electron chi connectivity index (χ1n) is 6.04. The fourth-order valence-corrected chi connectivity index (χ4v) is 1.89. The first-order valence-corrected chi connectivity index (χ1v) is 6.04. The lowest BCUT2D eigenvalue weighted by Gasteiger charge is -2.32. The summed E-state index contributed by atoms with van der Waals surface area (Å²) in [6.07, 6.45) is 2.69. The van der Waals surface area contributed by atoms with E-state index in [1.165, 1.54) is 0 Å². The lowest BCUT2D eigenvalue weighted by atomic mass is 10.3. The van der Waals surface area contributed by atoms with E-state index in [9.17, 15) is 0 Å². The van der Waals surface area contributed by atoms with Crippen LogP contribution in [0.5, 0.6) is 0 Å². The van der Waals surface area contributed by atoms with E-state index >= 15 is 0 Å². The molecule has 1 fully saturated rings. The molecule has 0 aliphatic carbocycles. The van der Waals surface area contributed by atoms with Crippen molar-refractivity contribution < 1.29 is 4.74 Å². The van der Waals surface area contributed by atoms with Crippen LogP contribution in [0.15, 0.2) is 12.3 Å². The number of methoxy groups -OCH3 is 1. The fraction of sp³-hybridized carbons (Fsp3) is 0.667. The molecule has 0 bridgehead atoms. The minimum atomic E-state index is 0.708. The lowest BCUT2D eigenvalue weighted by molar-refractivity contribution is 0.201. The Bertz CT molecular complexity index is 350. The molecule has 5 nitrogen and oxygen atoms in total. The van der Waals surface area contributed by atoms with Crippen molar-refractivity contribution in [2.24, 2.45) is 0 Å². The van der Waals surface area contributed by atoms with Crippen LogP contribution in [0.2, 0.25) is 0 Å².